The fraction of sp³-hybridized carbons (Fsp3) is 0.636. The lowest BCUT2D eigenvalue weighted by molar-refractivity contribution is -0.0790. The molecule has 0 atom stereocenters. The molecule has 1 aromatic rings. The number of hydrogen-bond acceptors (Lipinski definition) is 0. The maximum atomic E-state index is 14.2. The van der Waals surface area contributed by atoms with Gasteiger partial charge in [-0.25, -0.2) is 8.78 Å². The van der Waals surface area contributed by atoms with Crippen molar-refractivity contribution >= 4 is 6.08 Å². The third-order valence-corrected chi connectivity index (χ3v) is 6.51. The highest BCUT2D eigenvalue weighted by Gasteiger charge is 2.31. The van der Waals surface area contributed by atoms with Gasteiger partial charge in [-0.15, -0.1) is 0 Å². The van der Waals surface area contributed by atoms with Gasteiger partial charge in [-0.2, -0.15) is 13.2 Å². The molecule has 150 valence electrons. The zero-order valence-electron chi connectivity index (χ0n) is 15.7. The number of allylic oxidation sites excluding steroid dienone is 1. The molecule has 27 heavy (non-hydrogen) atoms. The van der Waals surface area contributed by atoms with Crippen LogP contribution in [0.3, 0.4) is 0 Å². The third-order valence-electron chi connectivity index (χ3n) is 6.51. The summed E-state index contributed by atoms with van der Waals surface area (Å²) >= 11 is 0. The highest BCUT2D eigenvalue weighted by atomic mass is 19.4. The molecule has 0 unspecified atom stereocenters. The van der Waals surface area contributed by atoms with E-state index >= 15 is 0 Å². The zero-order chi connectivity index (χ0) is 19.6. The molecule has 0 amide bonds. The predicted molar refractivity (Wildman–Crippen MR) is 97.3 cm³/mol. The molecular formula is C22H27F5. The lowest BCUT2D eigenvalue weighted by Crippen LogP contribution is -2.24. The van der Waals surface area contributed by atoms with Crippen molar-refractivity contribution in [3.63, 3.8) is 0 Å². The van der Waals surface area contributed by atoms with E-state index in [1.54, 1.807) is 0 Å². The summed E-state index contributed by atoms with van der Waals surface area (Å²) in [6, 6.07) is 2.43. The molecule has 0 bridgehead atoms. The van der Waals surface area contributed by atoms with Gasteiger partial charge >= 0.3 is 6.18 Å². The van der Waals surface area contributed by atoms with Crippen molar-refractivity contribution in [3.8, 4) is 0 Å². The summed E-state index contributed by atoms with van der Waals surface area (Å²) in [5.41, 5.74) is -0.0500. The Morgan fingerprint density at radius 1 is 0.815 bits per heavy atom. The standard InChI is InChI=1S/C22H27F5/c1-14-2-4-15(5-3-14)16-6-8-17(9-7-16)18-12-20(23)19(21(24)13-18)10-11-22(25,26)27/h10-17H,2-9H2,1H3. The van der Waals surface area contributed by atoms with Gasteiger partial charge in [0, 0.05) is 11.6 Å². The van der Waals surface area contributed by atoms with Crippen LogP contribution in [-0.2, 0) is 0 Å². The summed E-state index contributed by atoms with van der Waals surface area (Å²) in [5, 5.41) is 0. The quantitative estimate of drug-likeness (QED) is 0.468. The van der Waals surface area contributed by atoms with Gasteiger partial charge in [-0.05, 0) is 86.0 Å². The summed E-state index contributed by atoms with van der Waals surface area (Å²) in [6.45, 7) is 2.31. The van der Waals surface area contributed by atoms with Crippen LogP contribution in [0.1, 0.15) is 75.3 Å². The van der Waals surface area contributed by atoms with E-state index in [2.05, 4.69) is 6.92 Å². The monoisotopic (exact) mass is 386 g/mol. The Kier molecular flexibility index (Phi) is 6.27. The number of halogens is 5. The average Bonchev–Trinajstić information content (AvgIpc) is 2.61. The lowest BCUT2D eigenvalue weighted by Gasteiger charge is -2.37. The highest BCUT2D eigenvalue weighted by Crippen LogP contribution is 2.44. The van der Waals surface area contributed by atoms with Gasteiger partial charge in [0.05, 0.1) is 0 Å². The summed E-state index contributed by atoms with van der Waals surface area (Å²) < 4.78 is 65.1. The van der Waals surface area contributed by atoms with Crippen molar-refractivity contribution < 1.29 is 22.0 Å². The second-order valence-electron chi connectivity index (χ2n) is 8.40. The molecule has 0 spiro atoms. The Morgan fingerprint density at radius 3 is 1.78 bits per heavy atom. The Hall–Kier alpha value is -1.39. The molecule has 0 aromatic heterocycles. The second-order valence-corrected chi connectivity index (χ2v) is 8.40. The van der Waals surface area contributed by atoms with E-state index in [0.717, 1.165) is 37.5 Å². The molecule has 0 radical (unpaired) electrons. The van der Waals surface area contributed by atoms with Crippen LogP contribution in [0.15, 0.2) is 18.2 Å². The van der Waals surface area contributed by atoms with Crippen molar-refractivity contribution in [1.82, 2.24) is 0 Å². The average molecular weight is 386 g/mol. The van der Waals surface area contributed by atoms with Crippen molar-refractivity contribution in [2.24, 2.45) is 17.8 Å². The van der Waals surface area contributed by atoms with Gasteiger partial charge in [0.15, 0.2) is 0 Å². The molecule has 2 aliphatic rings. The van der Waals surface area contributed by atoms with Crippen molar-refractivity contribution in [1.29, 1.82) is 0 Å². The first-order chi connectivity index (χ1) is 12.7. The maximum absolute atomic E-state index is 14.2. The minimum Gasteiger partial charge on any atom is -0.206 e. The molecule has 1 aromatic carbocycles. The molecule has 2 aliphatic carbocycles. The number of benzene rings is 1. The van der Waals surface area contributed by atoms with Gasteiger partial charge in [0.1, 0.15) is 11.6 Å². The van der Waals surface area contributed by atoms with E-state index in [0.29, 0.717) is 17.6 Å². The molecule has 0 nitrogen and oxygen atoms in total. The van der Waals surface area contributed by atoms with E-state index in [4.69, 9.17) is 0 Å². The smallest absolute Gasteiger partial charge is 0.206 e. The number of alkyl halides is 3. The summed E-state index contributed by atoms with van der Waals surface area (Å²) in [5.74, 6) is 0.563. The Bertz CT molecular complexity index is 637. The molecular weight excluding hydrogens is 359 g/mol. The number of hydrogen-bond donors (Lipinski definition) is 0. The third kappa shape index (κ3) is 5.32. The Morgan fingerprint density at radius 2 is 1.30 bits per heavy atom. The topological polar surface area (TPSA) is 0 Å². The van der Waals surface area contributed by atoms with Crippen LogP contribution < -0.4 is 0 Å². The van der Waals surface area contributed by atoms with Crippen LogP contribution in [-0.4, -0.2) is 6.18 Å². The van der Waals surface area contributed by atoms with Crippen LogP contribution in [0.2, 0.25) is 0 Å². The fourth-order valence-corrected chi connectivity index (χ4v) is 4.86. The zero-order valence-corrected chi connectivity index (χ0v) is 15.7. The normalized spacial score (nSPS) is 30.0. The van der Waals surface area contributed by atoms with E-state index in [9.17, 15) is 22.0 Å². The van der Waals surface area contributed by atoms with Crippen molar-refractivity contribution in [2.45, 2.75) is 70.4 Å². The molecule has 0 saturated heterocycles. The van der Waals surface area contributed by atoms with Gasteiger partial charge in [-0.3, -0.25) is 0 Å². The molecule has 0 heterocycles. The second kappa shape index (κ2) is 8.32. The van der Waals surface area contributed by atoms with Crippen molar-refractivity contribution in [2.75, 3.05) is 0 Å². The minimum absolute atomic E-state index is 0.0911. The first-order valence-electron chi connectivity index (χ1n) is 9.98. The first-order valence-corrected chi connectivity index (χ1v) is 9.98. The van der Waals surface area contributed by atoms with Crippen LogP contribution in [0.5, 0.6) is 0 Å². The Labute approximate surface area is 157 Å². The lowest BCUT2D eigenvalue weighted by atomic mass is 9.68. The first kappa shape index (κ1) is 20.3. The predicted octanol–water partition coefficient (Wildman–Crippen LogP) is 7.64. The van der Waals surface area contributed by atoms with Gasteiger partial charge in [0.25, 0.3) is 0 Å². The fourth-order valence-electron chi connectivity index (χ4n) is 4.86. The number of rotatable bonds is 3. The SMILES string of the molecule is CC1CCC(C2CCC(c3cc(F)c(C=CC(F)(F)F)c(F)c3)CC2)CC1. The van der Waals surface area contributed by atoms with E-state index in [1.165, 1.54) is 37.8 Å². The Balaban J connectivity index is 1.63. The maximum Gasteiger partial charge on any atom is 0.409 e. The molecule has 2 saturated carbocycles. The van der Waals surface area contributed by atoms with E-state index in [1.807, 2.05) is 0 Å². The molecule has 3 rings (SSSR count). The molecule has 5 heteroatoms. The summed E-state index contributed by atoms with van der Waals surface area (Å²) in [6.07, 6.45) is 4.86. The van der Waals surface area contributed by atoms with Crippen LogP contribution in [0.4, 0.5) is 22.0 Å². The van der Waals surface area contributed by atoms with Crippen LogP contribution >= 0.6 is 0 Å². The highest BCUT2D eigenvalue weighted by molar-refractivity contribution is 5.52. The van der Waals surface area contributed by atoms with Gasteiger partial charge < -0.3 is 0 Å². The van der Waals surface area contributed by atoms with Gasteiger partial charge in [-0.1, -0.05) is 19.8 Å². The molecule has 0 aliphatic heterocycles. The molecule has 2 fully saturated rings. The van der Waals surface area contributed by atoms with E-state index < -0.39 is 23.4 Å². The summed E-state index contributed by atoms with van der Waals surface area (Å²) in [4.78, 5) is 0. The van der Waals surface area contributed by atoms with Gasteiger partial charge in [0.2, 0.25) is 0 Å². The van der Waals surface area contributed by atoms with Crippen LogP contribution in [0.25, 0.3) is 6.08 Å². The molecule has 0 N–H and O–H groups in total. The van der Waals surface area contributed by atoms with E-state index in [-0.39, 0.29) is 12.0 Å². The van der Waals surface area contributed by atoms with Crippen LogP contribution in [0, 0.1) is 29.4 Å². The minimum atomic E-state index is -4.59. The summed E-state index contributed by atoms with van der Waals surface area (Å²) in [7, 11) is 0. The van der Waals surface area contributed by atoms with Crippen molar-refractivity contribution in [3.05, 3.63) is 41.0 Å². The largest absolute Gasteiger partial charge is 0.409 e.